The van der Waals surface area contributed by atoms with E-state index in [0.717, 1.165) is 27.9 Å². The van der Waals surface area contributed by atoms with Gasteiger partial charge in [0, 0.05) is 22.2 Å². The number of tetrazole rings is 1. The van der Waals surface area contributed by atoms with Gasteiger partial charge in [-0.2, -0.15) is 5.21 Å². The van der Waals surface area contributed by atoms with Gasteiger partial charge in [-0.1, -0.05) is 42.5 Å². The van der Waals surface area contributed by atoms with E-state index in [-0.39, 0.29) is 16.3 Å². The zero-order valence-corrected chi connectivity index (χ0v) is 18.4. The lowest BCUT2D eigenvalue weighted by atomic mass is 10.1. The first-order valence-corrected chi connectivity index (χ1v) is 12.0. The zero-order valence-electron chi connectivity index (χ0n) is 16.8. The molecule has 0 saturated heterocycles. The molecule has 0 aliphatic heterocycles. The van der Waals surface area contributed by atoms with Crippen LogP contribution in [0.5, 0.6) is 0 Å². The minimum absolute atomic E-state index is 0.0377. The van der Waals surface area contributed by atoms with Crippen molar-refractivity contribution in [1.29, 1.82) is 0 Å². The van der Waals surface area contributed by atoms with Gasteiger partial charge in [0.05, 0.1) is 16.2 Å². The van der Waals surface area contributed by atoms with Crippen molar-refractivity contribution >= 4 is 27.0 Å². The topological polar surface area (TPSA) is 114 Å². The van der Waals surface area contributed by atoms with Crippen molar-refractivity contribution < 1.29 is 12.8 Å². The van der Waals surface area contributed by atoms with E-state index in [2.05, 4.69) is 30.3 Å². The van der Waals surface area contributed by atoms with Crippen LogP contribution in [0, 0.1) is 5.82 Å². The van der Waals surface area contributed by atoms with Crippen LogP contribution in [0.15, 0.2) is 83.1 Å². The Balaban J connectivity index is 1.42. The molecule has 0 aliphatic rings. The Morgan fingerprint density at radius 2 is 1.76 bits per heavy atom. The van der Waals surface area contributed by atoms with Gasteiger partial charge in [-0.25, -0.2) is 17.8 Å². The third-order valence-electron chi connectivity index (χ3n) is 4.77. The largest absolute Gasteiger partial charge is 0.280 e. The summed E-state index contributed by atoms with van der Waals surface area (Å²) in [5, 5.41) is 15.8. The number of anilines is 1. The second-order valence-corrected chi connectivity index (χ2v) is 9.51. The van der Waals surface area contributed by atoms with Gasteiger partial charge in [-0.3, -0.25) is 4.72 Å². The summed E-state index contributed by atoms with van der Waals surface area (Å²) in [6.45, 7) is 0. The van der Waals surface area contributed by atoms with E-state index < -0.39 is 15.8 Å². The molecule has 11 heteroatoms. The van der Waals surface area contributed by atoms with Crippen molar-refractivity contribution in [3.63, 3.8) is 0 Å². The standard InChI is InChI=1S/C22H15FN6O2S2/c23-19-10-9-17(12-18(19)21-25-28-29-26-21)33(30,31)27-16-8-4-7-15(11-16)20-13-32-22(24-20)14-5-2-1-3-6-14/h1-13,27H,(H,25,26,28,29). The lowest BCUT2D eigenvalue weighted by Crippen LogP contribution is -2.13. The van der Waals surface area contributed by atoms with Gasteiger partial charge in [0.2, 0.25) is 5.82 Å². The third-order valence-corrected chi connectivity index (χ3v) is 7.04. The number of H-pyrrole nitrogens is 1. The summed E-state index contributed by atoms with van der Waals surface area (Å²) in [5.41, 5.74) is 2.80. The number of benzene rings is 3. The van der Waals surface area contributed by atoms with Crippen LogP contribution < -0.4 is 4.72 Å². The molecule has 164 valence electrons. The van der Waals surface area contributed by atoms with Gasteiger partial charge in [-0.15, -0.1) is 21.5 Å². The lowest BCUT2D eigenvalue weighted by molar-refractivity contribution is 0.600. The number of hydrogen-bond acceptors (Lipinski definition) is 7. The number of aromatic nitrogens is 5. The van der Waals surface area contributed by atoms with Gasteiger partial charge in [0.25, 0.3) is 10.0 Å². The molecule has 2 N–H and O–H groups in total. The average Bonchev–Trinajstić information content (AvgIpc) is 3.53. The van der Waals surface area contributed by atoms with Crippen molar-refractivity contribution in [3.05, 3.63) is 84.0 Å². The average molecular weight is 479 g/mol. The van der Waals surface area contributed by atoms with E-state index >= 15 is 0 Å². The maximum Gasteiger partial charge on any atom is 0.261 e. The molecule has 2 heterocycles. The van der Waals surface area contributed by atoms with E-state index in [1.165, 1.54) is 23.5 Å². The molecule has 0 fully saturated rings. The number of sulfonamides is 1. The van der Waals surface area contributed by atoms with Crippen LogP contribution in [-0.2, 0) is 10.0 Å². The van der Waals surface area contributed by atoms with Crippen LogP contribution in [0.1, 0.15) is 0 Å². The molecule has 3 aromatic carbocycles. The van der Waals surface area contributed by atoms with Crippen LogP contribution in [-0.4, -0.2) is 34.0 Å². The molecule has 8 nitrogen and oxygen atoms in total. The summed E-state index contributed by atoms with van der Waals surface area (Å²) in [6, 6.07) is 20.1. The number of aromatic amines is 1. The Kier molecular flexibility index (Phi) is 5.40. The molecule has 0 saturated carbocycles. The molecule has 33 heavy (non-hydrogen) atoms. The highest BCUT2D eigenvalue weighted by molar-refractivity contribution is 7.92. The highest BCUT2D eigenvalue weighted by atomic mass is 32.2. The predicted molar refractivity (Wildman–Crippen MR) is 123 cm³/mol. The van der Waals surface area contributed by atoms with Crippen molar-refractivity contribution in [2.75, 3.05) is 4.72 Å². The normalized spacial score (nSPS) is 11.4. The second-order valence-electron chi connectivity index (χ2n) is 6.97. The Hall–Kier alpha value is -3.96. The highest BCUT2D eigenvalue weighted by Crippen LogP contribution is 2.30. The Morgan fingerprint density at radius 3 is 2.55 bits per heavy atom. The van der Waals surface area contributed by atoms with Crippen LogP contribution in [0.3, 0.4) is 0 Å². The molecule has 0 aliphatic carbocycles. The van der Waals surface area contributed by atoms with Crippen molar-refractivity contribution in [2.24, 2.45) is 0 Å². The van der Waals surface area contributed by atoms with Crippen LogP contribution in [0.2, 0.25) is 0 Å². The predicted octanol–water partition coefficient (Wildman–Crippen LogP) is 4.60. The first kappa shape index (κ1) is 20.9. The van der Waals surface area contributed by atoms with E-state index in [1.807, 2.05) is 41.8 Å². The molecule has 0 atom stereocenters. The fourth-order valence-corrected chi connectivity index (χ4v) is 5.11. The molecule has 0 unspecified atom stereocenters. The first-order valence-electron chi connectivity index (χ1n) is 9.67. The Morgan fingerprint density at radius 1 is 0.939 bits per heavy atom. The van der Waals surface area contributed by atoms with Crippen LogP contribution >= 0.6 is 11.3 Å². The third kappa shape index (κ3) is 4.36. The van der Waals surface area contributed by atoms with Gasteiger partial charge in [0.15, 0.2) is 0 Å². The van der Waals surface area contributed by atoms with Gasteiger partial charge < -0.3 is 0 Å². The second kappa shape index (κ2) is 8.52. The molecule has 5 rings (SSSR count). The number of hydrogen-bond donors (Lipinski definition) is 2. The van der Waals surface area contributed by atoms with E-state index in [1.54, 1.807) is 18.2 Å². The molecule has 0 spiro atoms. The monoisotopic (exact) mass is 478 g/mol. The number of nitrogens with zero attached hydrogens (tertiary/aromatic N) is 4. The number of nitrogens with one attached hydrogen (secondary N) is 2. The van der Waals surface area contributed by atoms with Crippen molar-refractivity contribution in [2.45, 2.75) is 4.90 Å². The molecule has 0 bridgehead atoms. The maximum atomic E-state index is 14.2. The van der Waals surface area contributed by atoms with Crippen molar-refractivity contribution in [3.8, 4) is 33.2 Å². The lowest BCUT2D eigenvalue weighted by Gasteiger charge is -2.10. The fraction of sp³-hybridized carbons (Fsp3) is 0. The Bertz CT molecular complexity index is 1520. The molecular formula is C22H15FN6O2S2. The van der Waals surface area contributed by atoms with E-state index in [9.17, 15) is 12.8 Å². The molecule has 0 radical (unpaired) electrons. The minimum atomic E-state index is -4.00. The number of thiazole rings is 1. The molecule has 5 aromatic rings. The quantitative estimate of drug-likeness (QED) is 0.369. The molecule has 0 amide bonds. The van der Waals surface area contributed by atoms with Crippen LogP contribution in [0.4, 0.5) is 10.1 Å². The molecule has 2 aromatic heterocycles. The van der Waals surface area contributed by atoms with Crippen LogP contribution in [0.25, 0.3) is 33.2 Å². The first-order chi connectivity index (χ1) is 16.0. The highest BCUT2D eigenvalue weighted by Gasteiger charge is 2.19. The fourth-order valence-electron chi connectivity index (χ4n) is 3.19. The number of halogens is 1. The number of rotatable bonds is 6. The summed E-state index contributed by atoms with van der Waals surface area (Å²) in [6.07, 6.45) is 0. The summed E-state index contributed by atoms with van der Waals surface area (Å²) in [4.78, 5) is 4.54. The SMILES string of the molecule is O=S(=O)(Nc1cccc(-c2csc(-c3ccccc3)n2)c1)c1ccc(F)c(-c2nn[nH]n2)c1. The van der Waals surface area contributed by atoms with Gasteiger partial charge in [-0.05, 0) is 35.5 Å². The smallest absolute Gasteiger partial charge is 0.261 e. The van der Waals surface area contributed by atoms with Crippen molar-refractivity contribution in [1.82, 2.24) is 25.6 Å². The maximum absolute atomic E-state index is 14.2. The van der Waals surface area contributed by atoms with E-state index in [0.29, 0.717) is 5.69 Å². The Labute approximate surface area is 192 Å². The minimum Gasteiger partial charge on any atom is -0.280 e. The summed E-state index contributed by atoms with van der Waals surface area (Å²) in [7, 11) is -4.00. The molecular weight excluding hydrogens is 463 g/mol. The van der Waals surface area contributed by atoms with Gasteiger partial charge in [0.1, 0.15) is 10.8 Å². The zero-order chi connectivity index (χ0) is 22.8. The summed E-state index contributed by atoms with van der Waals surface area (Å²) < 4.78 is 42.6. The van der Waals surface area contributed by atoms with E-state index in [4.69, 9.17) is 0 Å². The summed E-state index contributed by atoms with van der Waals surface area (Å²) >= 11 is 1.51. The van der Waals surface area contributed by atoms with Gasteiger partial charge >= 0.3 is 0 Å². The summed E-state index contributed by atoms with van der Waals surface area (Å²) in [5.74, 6) is -0.695.